The van der Waals surface area contributed by atoms with E-state index < -0.39 is 0 Å². The van der Waals surface area contributed by atoms with Crippen LogP contribution in [-0.4, -0.2) is 12.5 Å². The lowest BCUT2D eigenvalue weighted by Gasteiger charge is -2.08. The molecular formula is C22H36N2O. The Hall–Kier alpha value is -1.77. The summed E-state index contributed by atoms with van der Waals surface area (Å²) >= 11 is 0. The molecule has 0 atom stereocenters. The van der Waals surface area contributed by atoms with Crippen molar-refractivity contribution in [2.45, 2.75) is 78.1 Å². The molecule has 0 heterocycles. The third kappa shape index (κ3) is 10.6. The summed E-state index contributed by atoms with van der Waals surface area (Å²) < 4.78 is 0. The van der Waals surface area contributed by atoms with Crippen LogP contribution in [0.25, 0.3) is 0 Å². The van der Waals surface area contributed by atoms with Gasteiger partial charge in [-0.2, -0.15) is 0 Å². The Bertz CT molecular complexity index is 493. The fourth-order valence-corrected chi connectivity index (χ4v) is 2.75. The van der Waals surface area contributed by atoms with Gasteiger partial charge < -0.3 is 10.6 Å². The number of unbranched alkanes of at least 4 members (excludes halogenated alkanes) is 9. The van der Waals surface area contributed by atoms with E-state index in [0.717, 1.165) is 17.9 Å². The average Bonchev–Trinajstić information content (AvgIpc) is 2.61. The lowest BCUT2D eigenvalue weighted by Crippen LogP contribution is -2.11. The summed E-state index contributed by atoms with van der Waals surface area (Å²) in [7, 11) is 0. The van der Waals surface area contributed by atoms with E-state index >= 15 is 0 Å². The number of rotatable bonds is 14. The molecule has 25 heavy (non-hydrogen) atoms. The Kier molecular flexibility index (Phi) is 11.5. The maximum Gasteiger partial charge on any atom is 0.250 e. The second-order valence-corrected chi connectivity index (χ2v) is 6.92. The summed E-state index contributed by atoms with van der Waals surface area (Å²) in [5.41, 5.74) is 2.42. The summed E-state index contributed by atoms with van der Waals surface area (Å²) in [6, 6.07) is 7.85. The van der Waals surface area contributed by atoms with Crippen LogP contribution in [0.3, 0.4) is 0 Å². The molecule has 3 nitrogen and oxygen atoms in total. The molecule has 0 aliphatic carbocycles. The van der Waals surface area contributed by atoms with Crippen LogP contribution in [0.5, 0.6) is 0 Å². The second-order valence-electron chi connectivity index (χ2n) is 6.92. The minimum atomic E-state index is -0.133. The van der Waals surface area contributed by atoms with E-state index in [1.165, 1.54) is 64.2 Å². The molecule has 3 heteroatoms. The Labute approximate surface area is 154 Å². The van der Waals surface area contributed by atoms with Crippen LogP contribution in [0, 0.1) is 0 Å². The second kappa shape index (κ2) is 13.5. The predicted molar refractivity (Wildman–Crippen MR) is 110 cm³/mol. The highest BCUT2D eigenvalue weighted by Gasteiger charge is 2.02. The highest BCUT2D eigenvalue weighted by atomic mass is 16.1. The molecule has 2 N–H and O–H groups in total. The zero-order valence-electron chi connectivity index (χ0n) is 16.2. The minimum absolute atomic E-state index is 0.133. The van der Waals surface area contributed by atoms with E-state index in [1.807, 2.05) is 24.3 Å². The van der Waals surface area contributed by atoms with E-state index in [-0.39, 0.29) is 5.91 Å². The molecule has 1 aromatic rings. The van der Waals surface area contributed by atoms with Gasteiger partial charge in [-0.3, -0.25) is 4.79 Å². The molecule has 0 aliphatic rings. The maximum atomic E-state index is 11.6. The molecule has 0 unspecified atom stereocenters. The first kappa shape index (κ1) is 21.3. The zero-order chi connectivity index (χ0) is 18.3. The Morgan fingerprint density at radius 1 is 0.840 bits per heavy atom. The number of carbonyl (C=O) groups is 1. The molecule has 0 spiro atoms. The van der Waals surface area contributed by atoms with Crippen LogP contribution >= 0.6 is 0 Å². The number of anilines is 2. The van der Waals surface area contributed by atoms with Crippen molar-refractivity contribution in [2.75, 3.05) is 17.2 Å². The van der Waals surface area contributed by atoms with Gasteiger partial charge in [0.2, 0.25) is 0 Å². The van der Waals surface area contributed by atoms with Gasteiger partial charge in [0, 0.05) is 23.5 Å². The van der Waals surface area contributed by atoms with Crippen LogP contribution < -0.4 is 10.6 Å². The highest BCUT2D eigenvalue weighted by molar-refractivity contribution is 6.02. The minimum Gasteiger partial charge on any atom is -0.385 e. The van der Waals surface area contributed by atoms with Gasteiger partial charge in [-0.15, -0.1) is 0 Å². The molecule has 0 saturated heterocycles. The molecule has 0 saturated carbocycles. The van der Waals surface area contributed by atoms with Gasteiger partial charge in [-0.1, -0.05) is 71.3 Å². The van der Waals surface area contributed by atoms with Crippen LogP contribution in [0.2, 0.25) is 0 Å². The lowest BCUT2D eigenvalue weighted by molar-refractivity contribution is -0.112. The fourth-order valence-electron chi connectivity index (χ4n) is 2.75. The molecule has 0 aromatic heterocycles. The van der Waals surface area contributed by atoms with Gasteiger partial charge in [-0.25, -0.2) is 0 Å². The molecule has 1 rings (SSSR count). The van der Waals surface area contributed by atoms with Crippen LogP contribution in [0.1, 0.15) is 78.1 Å². The largest absolute Gasteiger partial charge is 0.385 e. The van der Waals surface area contributed by atoms with E-state index in [9.17, 15) is 4.79 Å². The van der Waals surface area contributed by atoms with Gasteiger partial charge in [0.05, 0.1) is 0 Å². The maximum absolute atomic E-state index is 11.6. The lowest BCUT2D eigenvalue weighted by atomic mass is 10.1. The van der Waals surface area contributed by atoms with Gasteiger partial charge >= 0.3 is 0 Å². The van der Waals surface area contributed by atoms with Gasteiger partial charge in [0.25, 0.3) is 5.91 Å². The number of hydrogen-bond donors (Lipinski definition) is 2. The van der Waals surface area contributed by atoms with Gasteiger partial charge in [-0.05, 0) is 37.6 Å². The summed E-state index contributed by atoms with van der Waals surface area (Å²) in [5.74, 6) is -0.133. The van der Waals surface area contributed by atoms with E-state index in [4.69, 9.17) is 0 Å². The third-order valence-corrected chi connectivity index (χ3v) is 4.39. The van der Waals surface area contributed by atoms with Crippen LogP contribution in [0.15, 0.2) is 36.4 Å². The molecule has 1 amide bonds. The quantitative estimate of drug-likeness (QED) is 0.297. The molecule has 0 radical (unpaired) electrons. The number of carbonyl (C=O) groups excluding carboxylic acids is 1. The highest BCUT2D eigenvalue weighted by Crippen LogP contribution is 2.15. The topological polar surface area (TPSA) is 41.1 Å². The van der Waals surface area contributed by atoms with Gasteiger partial charge in [0.15, 0.2) is 0 Å². The van der Waals surface area contributed by atoms with Crippen molar-refractivity contribution in [1.29, 1.82) is 0 Å². The first-order valence-corrected chi connectivity index (χ1v) is 9.94. The van der Waals surface area contributed by atoms with Crippen molar-refractivity contribution in [1.82, 2.24) is 0 Å². The van der Waals surface area contributed by atoms with Crippen molar-refractivity contribution in [3.63, 3.8) is 0 Å². The number of hydrogen-bond acceptors (Lipinski definition) is 2. The van der Waals surface area contributed by atoms with E-state index in [0.29, 0.717) is 5.57 Å². The first-order valence-electron chi connectivity index (χ1n) is 9.94. The van der Waals surface area contributed by atoms with Crippen molar-refractivity contribution >= 4 is 17.3 Å². The summed E-state index contributed by atoms with van der Waals surface area (Å²) in [4.78, 5) is 11.6. The molecule has 140 valence electrons. The summed E-state index contributed by atoms with van der Waals surface area (Å²) in [6.07, 6.45) is 13.6. The van der Waals surface area contributed by atoms with E-state index in [1.54, 1.807) is 6.92 Å². The predicted octanol–water partition coefficient (Wildman–Crippen LogP) is 6.53. The monoisotopic (exact) mass is 344 g/mol. The van der Waals surface area contributed by atoms with Crippen molar-refractivity contribution in [2.24, 2.45) is 0 Å². The molecule has 1 aromatic carbocycles. The molecular weight excluding hydrogens is 308 g/mol. The summed E-state index contributed by atoms with van der Waals surface area (Å²) in [6.45, 7) is 8.62. The third-order valence-electron chi connectivity index (χ3n) is 4.39. The smallest absolute Gasteiger partial charge is 0.250 e. The fraction of sp³-hybridized carbons (Fsp3) is 0.591. The molecule has 0 aliphatic heterocycles. The zero-order valence-corrected chi connectivity index (χ0v) is 16.2. The standard InChI is InChI=1S/C22H36N2O/c1-4-5-6-7-8-9-10-11-12-13-18-23-20-14-16-21(17-15-20)24-22(25)19(2)3/h14-17,23H,2,4-13,18H2,1,3H3,(H,24,25). The van der Waals surface area contributed by atoms with Crippen molar-refractivity contribution in [3.05, 3.63) is 36.4 Å². The average molecular weight is 345 g/mol. The Morgan fingerprint density at radius 2 is 1.32 bits per heavy atom. The number of nitrogens with one attached hydrogen (secondary N) is 2. The first-order chi connectivity index (χ1) is 12.1. The normalized spacial score (nSPS) is 10.5. The van der Waals surface area contributed by atoms with Gasteiger partial charge in [0.1, 0.15) is 0 Å². The van der Waals surface area contributed by atoms with Crippen molar-refractivity contribution < 1.29 is 4.79 Å². The van der Waals surface area contributed by atoms with Crippen LogP contribution in [-0.2, 0) is 4.79 Å². The molecule has 0 fully saturated rings. The number of amides is 1. The molecule has 0 bridgehead atoms. The number of benzene rings is 1. The summed E-state index contributed by atoms with van der Waals surface area (Å²) in [5, 5.41) is 6.26. The Balaban J connectivity index is 2.03. The van der Waals surface area contributed by atoms with Crippen molar-refractivity contribution in [3.8, 4) is 0 Å². The Morgan fingerprint density at radius 3 is 1.84 bits per heavy atom. The SMILES string of the molecule is C=C(C)C(=O)Nc1ccc(NCCCCCCCCCCCC)cc1. The van der Waals surface area contributed by atoms with Crippen LogP contribution in [0.4, 0.5) is 11.4 Å². The van der Waals surface area contributed by atoms with E-state index in [2.05, 4.69) is 24.1 Å².